The molecule has 0 N–H and O–H groups in total. The standard InChI is InChI=1S/C11H8F3N/c1-7-2-3-8-5-10(11(12,13)14)15-6-9(8)4-7/h2-6H,1H3. The Kier molecular flexibility index (Phi) is 2.14. The molecule has 0 aliphatic rings. The molecular weight excluding hydrogens is 203 g/mol. The maximum atomic E-state index is 12.3. The molecule has 0 saturated carbocycles. The molecule has 0 saturated heterocycles. The summed E-state index contributed by atoms with van der Waals surface area (Å²) in [7, 11) is 0. The van der Waals surface area contributed by atoms with E-state index in [1.54, 1.807) is 12.1 Å². The van der Waals surface area contributed by atoms with Crippen molar-refractivity contribution >= 4 is 10.8 Å². The molecule has 0 unspecified atom stereocenters. The number of hydrogen-bond acceptors (Lipinski definition) is 1. The molecule has 0 aliphatic heterocycles. The quantitative estimate of drug-likeness (QED) is 0.649. The van der Waals surface area contributed by atoms with E-state index in [0.29, 0.717) is 5.39 Å². The summed E-state index contributed by atoms with van der Waals surface area (Å²) in [5.74, 6) is 0. The van der Waals surface area contributed by atoms with E-state index >= 15 is 0 Å². The first-order chi connectivity index (χ1) is 6.97. The molecule has 1 nitrogen and oxygen atoms in total. The number of halogens is 3. The van der Waals surface area contributed by atoms with Gasteiger partial charge in [-0.05, 0) is 24.4 Å². The van der Waals surface area contributed by atoms with Crippen molar-refractivity contribution in [1.82, 2.24) is 4.98 Å². The smallest absolute Gasteiger partial charge is 0.251 e. The molecule has 2 aromatic rings. The molecule has 4 heteroatoms. The Morgan fingerprint density at radius 3 is 2.47 bits per heavy atom. The first-order valence-electron chi connectivity index (χ1n) is 4.40. The number of aromatic nitrogens is 1. The Bertz CT molecular complexity index is 503. The first-order valence-corrected chi connectivity index (χ1v) is 4.40. The third-order valence-corrected chi connectivity index (χ3v) is 2.17. The van der Waals surface area contributed by atoms with Crippen LogP contribution in [0.2, 0.25) is 0 Å². The van der Waals surface area contributed by atoms with E-state index < -0.39 is 11.9 Å². The summed E-state index contributed by atoms with van der Waals surface area (Å²) in [5.41, 5.74) is 0.155. The monoisotopic (exact) mass is 211 g/mol. The zero-order chi connectivity index (χ0) is 11.1. The number of aryl methyl sites for hydroxylation is 1. The Balaban J connectivity index is 2.62. The van der Waals surface area contributed by atoms with Crippen LogP contribution >= 0.6 is 0 Å². The zero-order valence-corrected chi connectivity index (χ0v) is 7.97. The minimum absolute atomic E-state index is 0.558. The number of benzene rings is 1. The molecule has 0 spiro atoms. The average molecular weight is 211 g/mol. The van der Waals surface area contributed by atoms with Crippen molar-refractivity contribution in [2.24, 2.45) is 0 Å². The lowest BCUT2D eigenvalue weighted by Crippen LogP contribution is -2.07. The Labute approximate surface area is 84.6 Å². The second kappa shape index (κ2) is 3.22. The van der Waals surface area contributed by atoms with E-state index in [2.05, 4.69) is 4.98 Å². The van der Waals surface area contributed by atoms with E-state index in [1.165, 1.54) is 6.20 Å². The van der Waals surface area contributed by atoms with Crippen molar-refractivity contribution in [1.29, 1.82) is 0 Å². The van der Waals surface area contributed by atoms with Gasteiger partial charge in [-0.25, -0.2) is 0 Å². The highest BCUT2D eigenvalue weighted by atomic mass is 19.4. The van der Waals surface area contributed by atoms with Gasteiger partial charge in [-0.3, -0.25) is 4.98 Å². The van der Waals surface area contributed by atoms with Crippen LogP contribution in [0, 0.1) is 6.92 Å². The summed E-state index contributed by atoms with van der Waals surface area (Å²) in [4.78, 5) is 3.39. The lowest BCUT2D eigenvalue weighted by atomic mass is 10.1. The summed E-state index contributed by atoms with van der Waals surface area (Å²) in [6, 6.07) is 6.32. The Morgan fingerprint density at radius 1 is 1.07 bits per heavy atom. The van der Waals surface area contributed by atoms with Crippen LogP contribution in [0.1, 0.15) is 11.3 Å². The second-order valence-corrected chi connectivity index (χ2v) is 3.42. The van der Waals surface area contributed by atoms with Crippen LogP contribution in [0.3, 0.4) is 0 Å². The topological polar surface area (TPSA) is 12.9 Å². The molecule has 1 aromatic carbocycles. The van der Waals surface area contributed by atoms with Crippen LogP contribution in [-0.2, 0) is 6.18 Å². The Hall–Kier alpha value is -1.58. The second-order valence-electron chi connectivity index (χ2n) is 3.42. The van der Waals surface area contributed by atoms with Crippen LogP contribution in [0.15, 0.2) is 30.5 Å². The fourth-order valence-corrected chi connectivity index (χ4v) is 1.42. The van der Waals surface area contributed by atoms with Crippen molar-refractivity contribution in [3.05, 3.63) is 41.7 Å². The lowest BCUT2D eigenvalue weighted by Gasteiger charge is -2.06. The van der Waals surface area contributed by atoms with Crippen molar-refractivity contribution in [3.8, 4) is 0 Å². The predicted molar refractivity (Wildman–Crippen MR) is 51.5 cm³/mol. The third-order valence-electron chi connectivity index (χ3n) is 2.17. The third kappa shape index (κ3) is 1.93. The maximum absolute atomic E-state index is 12.3. The molecule has 0 bridgehead atoms. The number of nitrogens with zero attached hydrogens (tertiary/aromatic N) is 1. The van der Waals surface area contributed by atoms with Crippen LogP contribution in [0.5, 0.6) is 0 Å². The fraction of sp³-hybridized carbons (Fsp3) is 0.182. The van der Waals surface area contributed by atoms with E-state index in [1.807, 2.05) is 13.0 Å². The molecule has 15 heavy (non-hydrogen) atoms. The van der Waals surface area contributed by atoms with Gasteiger partial charge in [-0.1, -0.05) is 17.7 Å². The lowest BCUT2D eigenvalue weighted by molar-refractivity contribution is -0.141. The van der Waals surface area contributed by atoms with Gasteiger partial charge in [0.2, 0.25) is 0 Å². The molecule has 0 atom stereocenters. The molecule has 0 aliphatic carbocycles. The van der Waals surface area contributed by atoms with Gasteiger partial charge < -0.3 is 0 Å². The summed E-state index contributed by atoms with van der Waals surface area (Å²) < 4.78 is 37.0. The largest absolute Gasteiger partial charge is 0.433 e. The minimum atomic E-state index is -4.38. The molecule has 2 rings (SSSR count). The van der Waals surface area contributed by atoms with Gasteiger partial charge in [0.15, 0.2) is 0 Å². The number of rotatable bonds is 0. The maximum Gasteiger partial charge on any atom is 0.433 e. The molecule has 0 amide bonds. The van der Waals surface area contributed by atoms with Crippen LogP contribution < -0.4 is 0 Å². The van der Waals surface area contributed by atoms with Crippen molar-refractivity contribution < 1.29 is 13.2 Å². The first kappa shape index (κ1) is 9.96. The summed E-state index contributed by atoms with van der Waals surface area (Å²) in [6.07, 6.45) is -3.12. The fourth-order valence-electron chi connectivity index (χ4n) is 1.42. The number of alkyl halides is 3. The average Bonchev–Trinajstić information content (AvgIpc) is 2.15. The highest BCUT2D eigenvalue weighted by molar-refractivity contribution is 5.82. The van der Waals surface area contributed by atoms with Gasteiger partial charge in [0.05, 0.1) is 0 Å². The molecule has 0 radical (unpaired) electrons. The Morgan fingerprint density at radius 2 is 1.80 bits per heavy atom. The molecule has 1 heterocycles. The van der Waals surface area contributed by atoms with Gasteiger partial charge in [0.25, 0.3) is 0 Å². The van der Waals surface area contributed by atoms with Crippen molar-refractivity contribution in [2.45, 2.75) is 13.1 Å². The minimum Gasteiger partial charge on any atom is -0.251 e. The zero-order valence-electron chi connectivity index (χ0n) is 7.97. The SMILES string of the molecule is Cc1ccc2cc(C(F)(F)F)ncc2c1. The van der Waals surface area contributed by atoms with Crippen LogP contribution in [-0.4, -0.2) is 4.98 Å². The molecule has 1 aromatic heterocycles. The van der Waals surface area contributed by atoms with E-state index in [-0.39, 0.29) is 0 Å². The molecule has 0 fully saturated rings. The van der Waals surface area contributed by atoms with Gasteiger partial charge in [0, 0.05) is 11.6 Å². The highest BCUT2D eigenvalue weighted by Crippen LogP contribution is 2.29. The van der Waals surface area contributed by atoms with Crippen LogP contribution in [0.25, 0.3) is 10.8 Å². The van der Waals surface area contributed by atoms with Crippen LogP contribution in [0.4, 0.5) is 13.2 Å². The van der Waals surface area contributed by atoms with Crippen molar-refractivity contribution in [2.75, 3.05) is 0 Å². The van der Waals surface area contributed by atoms with E-state index in [4.69, 9.17) is 0 Å². The number of fused-ring (bicyclic) bond motifs is 1. The summed E-state index contributed by atoms with van der Waals surface area (Å²) >= 11 is 0. The van der Waals surface area contributed by atoms with Gasteiger partial charge >= 0.3 is 6.18 Å². The van der Waals surface area contributed by atoms with E-state index in [0.717, 1.165) is 17.0 Å². The van der Waals surface area contributed by atoms with Gasteiger partial charge in [-0.15, -0.1) is 0 Å². The number of hydrogen-bond donors (Lipinski definition) is 0. The normalized spacial score (nSPS) is 12.0. The summed E-state index contributed by atoms with van der Waals surface area (Å²) in [5, 5.41) is 1.28. The van der Waals surface area contributed by atoms with Gasteiger partial charge in [0.1, 0.15) is 5.69 Å². The summed E-state index contributed by atoms with van der Waals surface area (Å²) in [6.45, 7) is 1.89. The molecular formula is C11H8F3N. The predicted octanol–water partition coefficient (Wildman–Crippen LogP) is 3.56. The van der Waals surface area contributed by atoms with Crippen molar-refractivity contribution in [3.63, 3.8) is 0 Å². The van der Waals surface area contributed by atoms with Gasteiger partial charge in [-0.2, -0.15) is 13.2 Å². The molecule has 78 valence electrons. The number of pyridine rings is 1. The van der Waals surface area contributed by atoms with E-state index in [9.17, 15) is 13.2 Å². The highest BCUT2D eigenvalue weighted by Gasteiger charge is 2.32.